The van der Waals surface area contributed by atoms with Gasteiger partial charge in [-0.05, 0) is 23.3 Å². The fourth-order valence-electron chi connectivity index (χ4n) is 3.80. The highest BCUT2D eigenvalue weighted by Gasteiger charge is 2.29. The van der Waals surface area contributed by atoms with Crippen LogP contribution in [0.25, 0.3) is 0 Å². The minimum absolute atomic E-state index is 0.157. The van der Waals surface area contributed by atoms with Crippen molar-refractivity contribution in [1.29, 1.82) is 0 Å². The van der Waals surface area contributed by atoms with Crippen LogP contribution in [-0.4, -0.2) is 59.2 Å². The summed E-state index contributed by atoms with van der Waals surface area (Å²) in [7, 11) is 4.92. The molecule has 0 saturated carbocycles. The fraction of sp³-hybridized carbons (Fsp3) is 0.292. The second kappa shape index (κ2) is 9.13. The molecule has 0 atom stereocenters. The van der Waals surface area contributed by atoms with Crippen LogP contribution in [0.1, 0.15) is 32.1 Å². The molecule has 8 nitrogen and oxygen atoms in total. The molecule has 0 aliphatic carbocycles. The van der Waals surface area contributed by atoms with Gasteiger partial charge in [0.15, 0.2) is 5.69 Å². The Morgan fingerprint density at radius 1 is 1.00 bits per heavy atom. The van der Waals surface area contributed by atoms with Crippen molar-refractivity contribution in [2.24, 2.45) is 0 Å². The van der Waals surface area contributed by atoms with Gasteiger partial charge in [-0.3, -0.25) is 14.3 Å². The Kier molecular flexibility index (Phi) is 6.11. The van der Waals surface area contributed by atoms with E-state index in [4.69, 9.17) is 9.47 Å². The number of amides is 2. The molecule has 166 valence electrons. The molecule has 0 spiro atoms. The van der Waals surface area contributed by atoms with Crippen LogP contribution in [-0.2, 0) is 19.6 Å². The average Bonchev–Trinajstić information content (AvgIpc) is 3.26. The van der Waals surface area contributed by atoms with Crippen molar-refractivity contribution < 1.29 is 19.1 Å². The third kappa shape index (κ3) is 4.44. The van der Waals surface area contributed by atoms with Crippen molar-refractivity contribution in [3.8, 4) is 11.5 Å². The van der Waals surface area contributed by atoms with Gasteiger partial charge in [0.25, 0.3) is 11.8 Å². The average molecular weight is 434 g/mol. The molecule has 1 aromatic heterocycles. The quantitative estimate of drug-likeness (QED) is 0.572. The molecule has 1 aliphatic rings. The number of nitrogens with zero attached hydrogens (tertiary/aromatic N) is 4. The molecule has 4 rings (SSSR count). The van der Waals surface area contributed by atoms with Crippen LogP contribution < -0.4 is 9.47 Å². The van der Waals surface area contributed by atoms with Crippen molar-refractivity contribution >= 4 is 11.8 Å². The van der Waals surface area contributed by atoms with E-state index in [1.54, 1.807) is 47.9 Å². The number of benzene rings is 2. The number of aromatic nitrogens is 2. The lowest BCUT2D eigenvalue weighted by Crippen LogP contribution is -2.39. The molecule has 2 heterocycles. The summed E-state index contributed by atoms with van der Waals surface area (Å²) in [6.45, 7) is 1.91. The van der Waals surface area contributed by atoms with E-state index in [-0.39, 0.29) is 17.5 Å². The zero-order chi connectivity index (χ0) is 22.7. The largest absolute Gasteiger partial charge is 0.497 e. The van der Waals surface area contributed by atoms with Crippen LogP contribution in [0, 0.1) is 0 Å². The second-order valence-electron chi connectivity index (χ2n) is 7.73. The smallest absolute Gasteiger partial charge is 0.274 e. The summed E-state index contributed by atoms with van der Waals surface area (Å²) in [5, 5.41) is 4.40. The van der Waals surface area contributed by atoms with Crippen molar-refractivity contribution in [1.82, 2.24) is 19.6 Å². The van der Waals surface area contributed by atoms with E-state index < -0.39 is 0 Å². The van der Waals surface area contributed by atoms with Crippen molar-refractivity contribution in [3.63, 3.8) is 0 Å². The summed E-state index contributed by atoms with van der Waals surface area (Å²) in [5.74, 6) is 0.967. The van der Waals surface area contributed by atoms with Gasteiger partial charge in [-0.15, -0.1) is 0 Å². The molecule has 0 bridgehead atoms. The van der Waals surface area contributed by atoms with Gasteiger partial charge in [-0.2, -0.15) is 5.10 Å². The minimum atomic E-state index is -0.215. The lowest BCUT2D eigenvalue weighted by atomic mass is 10.1. The van der Waals surface area contributed by atoms with Crippen molar-refractivity contribution in [3.05, 3.63) is 77.1 Å². The lowest BCUT2D eigenvalue weighted by molar-refractivity contribution is 0.0681. The van der Waals surface area contributed by atoms with Gasteiger partial charge in [-0.25, -0.2) is 0 Å². The zero-order valence-corrected chi connectivity index (χ0v) is 18.4. The summed E-state index contributed by atoms with van der Waals surface area (Å²) in [4.78, 5) is 29.3. The molecular weight excluding hydrogens is 408 g/mol. The van der Waals surface area contributed by atoms with Gasteiger partial charge in [0.05, 0.1) is 20.8 Å². The third-order valence-electron chi connectivity index (χ3n) is 5.48. The number of ether oxygens (including phenoxy) is 2. The van der Waals surface area contributed by atoms with Crippen molar-refractivity contribution in [2.75, 3.05) is 27.8 Å². The van der Waals surface area contributed by atoms with E-state index in [1.807, 2.05) is 42.5 Å². The highest BCUT2D eigenvalue weighted by Crippen LogP contribution is 2.25. The Bertz CT molecular complexity index is 1100. The van der Waals surface area contributed by atoms with E-state index >= 15 is 0 Å². The summed E-state index contributed by atoms with van der Waals surface area (Å²) < 4.78 is 12.3. The maximum atomic E-state index is 13.1. The number of carbonyl (C=O) groups excluding carboxylic acids is 2. The standard InChI is InChI=1S/C24H26N4O4/c1-26(15-17-7-5-4-6-8-17)23(29)21-14-22-24(30)27(9-10-28(22)25-21)16-18-11-19(31-2)13-20(12-18)32-3/h4-8,11-14H,9-10,15-16H2,1-3H3. The summed E-state index contributed by atoms with van der Waals surface area (Å²) >= 11 is 0. The Labute approximate surface area is 187 Å². The number of fused-ring (bicyclic) bond motifs is 1. The first-order chi connectivity index (χ1) is 15.5. The van der Waals surface area contributed by atoms with Gasteiger partial charge in [0.1, 0.15) is 17.2 Å². The Hall–Kier alpha value is -3.81. The lowest BCUT2D eigenvalue weighted by Gasteiger charge is -2.27. The van der Waals surface area contributed by atoms with E-state index in [0.29, 0.717) is 43.4 Å². The van der Waals surface area contributed by atoms with E-state index in [0.717, 1.165) is 11.1 Å². The molecule has 0 radical (unpaired) electrons. The highest BCUT2D eigenvalue weighted by molar-refractivity contribution is 5.98. The molecule has 2 amide bonds. The first kappa shape index (κ1) is 21.4. The fourth-order valence-corrected chi connectivity index (χ4v) is 3.80. The topological polar surface area (TPSA) is 76.9 Å². The van der Waals surface area contributed by atoms with Gasteiger partial charge in [0.2, 0.25) is 0 Å². The monoisotopic (exact) mass is 434 g/mol. The first-order valence-corrected chi connectivity index (χ1v) is 10.4. The highest BCUT2D eigenvalue weighted by atomic mass is 16.5. The zero-order valence-electron chi connectivity index (χ0n) is 18.4. The molecule has 1 aliphatic heterocycles. The normalized spacial score (nSPS) is 13.0. The first-order valence-electron chi connectivity index (χ1n) is 10.4. The molecule has 0 unspecified atom stereocenters. The van der Waals surface area contributed by atoms with Crippen LogP contribution in [0.3, 0.4) is 0 Å². The van der Waals surface area contributed by atoms with Gasteiger partial charge < -0.3 is 19.3 Å². The molecule has 3 aromatic rings. The summed E-state index contributed by atoms with van der Waals surface area (Å²) in [6.07, 6.45) is 0. The molecule has 0 fully saturated rings. The van der Waals surface area contributed by atoms with Gasteiger partial charge in [-0.1, -0.05) is 30.3 Å². The Morgan fingerprint density at radius 3 is 2.34 bits per heavy atom. The second-order valence-corrected chi connectivity index (χ2v) is 7.73. The van der Waals surface area contributed by atoms with Crippen LogP contribution in [0.5, 0.6) is 11.5 Å². The van der Waals surface area contributed by atoms with Crippen LogP contribution >= 0.6 is 0 Å². The predicted molar refractivity (Wildman–Crippen MR) is 119 cm³/mol. The number of rotatable bonds is 7. The predicted octanol–water partition coefficient (Wildman–Crippen LogP) is 2.83. The Balaban J connectivity index is 1.49. The number of hydrogen-bond donors (Lipinski definition) is 0. The van der Waals surface area contributed by atoms with Crippen LogP contribution in [0.4, 0.5) is 0 Å². The number of carbonyl (C=O) groups is 2. The molecule has 2 aromatic carbocycles. The van der Waals surface area contributed by atoms with Gasteiger partial charge in [0, 0.05) is 38.8 Å². The molecule has 8 heteroatoms. The Morgan fingerprint density at radius 2 is 1.69 bits per heavy atom. The molecular formula is C24H26N4O4. The van der Waals surface area contributed by atoms with E-state index in [2.05, 4.69) is 5.10 Å². The van der Waals surface area contributed by atoms with Crippen molar-refractivity contribution in [2.45, 2.75) is 19.6 Å². The summed E-state index contributed by atoms with van der Waals surface area (Å²) in [5.41, 5.74) is 2.63. The van der Waals surface area contributed by atoms with Gasteiger partial charge >= 0.3 is 0 Å². The minimum Gasteiger partial charge on any atom is -0.497 e. The van der Waals surface area contributed by atoms with Crippen LogP contribution in [0.15, 0.2) is 54.6 Å². The molecule has 32 heavy (non-hydrogen) atoms. The van der Waals surface area contributed by atoms with Crippen LogP contribution in [0.2, 0.25) is 0 Å². The molecule has 0 saturated heterocycles. The number of methoxy groups -OCH3 is 2. The maximum absolute atomic E-state index is 13.1. The van der Waals surface area contributed by atoms with E-state index in [1.165, 1.54) is 0 Å². The third-order valence-corrected chi connectivity index (χ3v) is 5.48. The maximum Gasteiger partial charge on any atom is 0.274 e. The van der Waals surface area contributed by atoms with E-state index in [9.17, 15) is 9.59 Å². The summed E-state index contributed by atoms with van der Waals surface area (Å²) in [6, 6.07) is 16.9. The number of hydrogen-bond acceptors (Lipinski definition) is 5. The SMILES string of the molecule is COc1cc(CN2CCn3nc(C(=O)N(C)Cc4ccccc4)cc3C2=O)cc(OC)c1. The molecule has 0 N–H and O–H groups in total.